The molecular weight excluding hydrogens is 250 g/mol. The molecule has 0 saturated carbocycles. The highest BCUT2D eigenvalue weighted by Gasteiger charge is 2.10. The number of hydrogen-bond acceptors (Lipinski definition) is 3. The van der Waals surface area contributed by atoms with Gasteiger partial charge in [0, 0.05) is 11.4 Å². The molecule has 1 amide bonds. The van der Waals surface area contributed by atoms with Gasteiger partial charge in [-0.05, 0) is 37.3 Å². The Hall–Kier alpha value is -2.07. The molecule has 0 aliphatic heterocycles. The number of nitrogen functional groups attached to an aromatic ring is 1. The maximum Gasteiger partial charge on any atom is 0.274 e. The zero-order chi connectivity index (χ0) is 13.1. The van der Waals surface area contributed by atoms with E-state index in [9.17, 15) is 4.79 Å². The van der Waals surface area contributed by atoms with Crippen molar-refractivity contribution in [1.29, 1.82) is 0 Å². The Morgan fingerprint density at radius 1 is 1.33 bits per heavy atom. The molecule has 18 heavy (non-hydrogen) atoms. The number of nitrogens with two attached hydrogens (primary N) is 1. The van der Waals surface area contributed by atoms with Crippen molar-refractivity contribution in [3.63, 3.8) is 0 Å². The molecule has 0 fully saturated rings. The quantitative estimate of drug-likeness (QED) is 0.817. The van der Waals surface area contributed by atoms with Gasteiger partial charge in [-0.2, -0.15) is 0 Å². The van der Waals surface area contributed by atoms with Crippen LogP contribution in [0.3, 0.4) is 0 Å². The molecule has 1 aromatic heterocycles. The van der Waals surface area contributed by atoms with Crippen molar-refractivity contribution in [2.24, 2.45) is 0 Å². The Kier molecular flexibility index (Phi) is 3.48. The summed E-state index contributed by atoms with van der Waals surface area (Å²) in [6.45, 7) is 1.82. The Morgan fingerprint density at radius 2 is 2.11 bits per heavy atom. The molecule has 3 N–H and O–H groups in total. The maximum absolute atomic E-state index is 12.0. The van der Waals surface area contributed by atoms with Crippen LogP contribution in [0, 0.1) is 6.92 Å². The fourth-order valence-corrected chi connectivity index (χ4v) is 1.66. The molecule has 1 heterocycles. The van der Waals surface area contributed by atoms with Crippen molar-refractivity contribution in [3.8, 4) is 0 Å². The average molecular weight is 262 g/mol. The summed E-state index contributed by atoms with van der Waals surface area (Å²) in [4.78, 5) is 16.1. The van der Waals surface area contributed by atoms with E-state index in [0.717, 1.165) is 5.69 Å². The van der Waals surface area contributed by atoms with Crippen LogP contribution in [0.25, 0.3) is 0 Å². The van der Waals surface area contributed by atoms with Gasteiger partial charge in [0.1, 0.15) is 5.69 Å². The molecule has 2 aromatic rings. The van der Waals surface area contributed by atoms with Crippen LogP contribution in [0.5, 0.6) is 0 Å². The van der Waals surface area contributed by atoms with Crippen molar-refractivity contribution >= 4 is 28.9 Å². The van der Waals surface area contributed by atoms with Gasteiger partial charge in [0.2, 0.25) is 0 Å². The number of carbonyl (C=O) groups is 1. The SMILES string of the molecule is Cc1cccc(C(=O)Nc2cc(N)ccc2Cl)n1. The Morgan fingerprint density at radius 3 is 2.83 bits per heavy atom. The number of aromatic nitrogens is 1. The van der Waals surface area contributed by atoms with Gasteiger partial charge in [0.05, 0.1) is 10.7 Å². The molecule has 1 aromatic carbocycles. The van der Waals surface area contributed by atoms with Crippen molar-refractivity contribution in [2.75, 3.05) is 11.1 Å². The predicted molar refractivity (Wildman–Crippen MR) is 72.8 cm³/mol. The fourth-order valence-electron chi connectivity index (χ4n) is 1.49. The molecule has 92 valence electrons. The molecule has 5 heteroatoms. The molecule has 2 rings (SSSR count). The Bertz CT molecular complexity index is 599. The van der Waals surface area contributed by atoms with Gasteiger partial charge in [-0.3, -0.25) is 4.79 Å². The van der Waals surface area contributed by atoms with E-state index in [-0.39, 0.29) is 5.91 Å². The minimum absolute atomic E-state index is 0.314. The number of pyridine rings is 1. The topological polar surface area (TPSA) is 68.0 Å². The van der Waals surface area contributed by atoms with E-state index >= 15 is 0 Å². The van der Waals surface area contributed by atoms with E-state index < -0.39 is 0 Å². The number of anilines is 2. The van der Waals surface area contributed by atoms with Crippen molar-refractivity contribution < 1.29 is 4.79 Å². The Labute approximate surface area is 110 Å². The largest absolute Gasteiger partial charge is 0.399 e. The molecule has 0 bridgehead atoms. The number of benzene rings is 1. The first-order valence-electron chi connectivity index (χ1n) is 5.36. The third-order valence-corrected chi connectivity index (χ3v) is 2.69. The smallest absolute Gasteiger partial charge is 0.274 e. The third kappa shape index (κ3) is 2.78. The van der Waals surface area contributed by atoms with Crippen LogP contribution in [0.2, 0.25) is 5.02 Å². The molecule has 0 spiro atoms. The van der Waals surface area contributed by atoms with E-state index in [1.54, 1.807) is 30.3 Å². The third-order valence-electron chi connectivity index (χ3n) is 2.36. The number of halogens is 1. The molecule has 0 saturated heterocycles. The summed E-state index contributed by atoms with van der Waals surface area (Å²) >= 11 is 5.97. The zero-order valence-corrected chi connectivity index (χ0v) is 10.5. The highest BCUT2D eigenvalue weighted by molar-refractivity contribution is 6.34. The average Bonchev–Trinajstić information content (AvgIpc) is 2.34. The molecule has 0 unspecified atom stereocenters. The lowest BCUT2D eigenvalue weighted by Gasteiger charge is -2.07. The molecule has 0 aliphatic carbocycles. The summed E-state index contributed by atoms with van der Waals surface area (Å²) < 4.78 is 0. The van der Waals surface area contributed by atoms with Gasteiger partial charge < -0.3 is 11.1 Å². The van der Waals surface area contributed by atoms with E-state index in [2.05, 4.69) is 10.3 Å². The standard InChI is InChI=1S/C13H12ClN3O/c1-8-3-2-4-11(16-8)13(18)17-12-7-9(15)5-6-10(12)14/h2-7H,15H2,1H3,(H,17,18). The summed E-state index contributed by atoms with van der Waals surface area (Å²) in [5.41, 5.74) is 7.77. The second-order valence-corrected chi connectivity index (χ2v) is 4.26. The lowest BCUT2D eigenvalue weighted by molar-refractivity contribution is 0.102. The molecule has 0 atom stereocenters. The van der Waals surface area contributed by atoms with Crippen LogP contribution in [-0.4, -0.2) is 10.9 Å². The molecule has 4 nitrogen and oxygen atoms in total. The second-order valence-electron chi connectivity index (χ2n) is 3.86. The molecule has 0 aliphatic rings. The van der Waals surface area contributed by atoms with E-state index in [0.29, 0.717) is 22.1 Å². The normalized spacial score (nSPS) is 10.1. The van der Waals surface area contributed by atoms with E-state index in [1.165, 1.54) is 0 Å². The van der Waals surface area contributed by atoms with Crippen LogP contribution >= 0.6 is 11.6 Å². The number of hydrogen-bond donors (Lipinski definition) is 2. The van der Waals surface area contributed by atoms with Crippen LogP contribution in [0.4, 0.5) is 11.4 Å². The van der Waals surface area contributed by atoms with Gasteiger partial charge >= 0.3 is 0 Å². The lowest BCUT2D eigenvalue weighted by Crippen LogP contribution is -2.14. The minimum atomic E-state index is -0.314. The first-order chi connectivity index (χ1) is 8.56. The van der Waals surface area contributed by atoms with E-state index in [4.69, 9.17) is 17.3 Å². The molecule has 0 radical (unpaired) electrons. The highest BCUT2D eigenvalue weighted by Crippen LogP contribution is 2.24. The number of nitrogens with zero attached hydrogens (tertiary/aromatic N) is 1. The second kappa shape index (κ2) is 5.06. The van der Waals surface area contributed by atoms with E-state index in [1.807, 2.05) is 13.0 Å². The maximum atomic E-state index is 12.0. The summed E-state index contributed by atoms with van der Waals surface area (Å²) in [7, 11) is 0. The van der Waals surface area contributed by atoms with Crippen LogP contribution in [0.1, 0.15) is 16.2 Å². The van der Waals surface area contributed by atoms with Crippen LogP contribution < -0.4 is 11.1 Å². The minimum Gasteiger partial charge on any atom is -0.399 e. The van der Waals surface area contributed by atoms with Gasteiger partial charge in [0.25, 0.3) is 5.91 Å². The van der Waals surface area contributed by atoms with Gasteiger partial charge in [0.15, 0.2) is 0 Å². The Balaban J connectivity index is 2.24. The van der Waals surface area contributed by atoms with Gasteiger partial charge in [-0.15, -0.1) is 0 Å². The fraction of sp³-hybridized carbons (Fsp3) is 0.0769. The molecular formula is C13H12ClN3O. The number of nitrogens with one attached hydrogen (secondary N) is 1. The summed E-state index contributed by atoms with van der Waals surface area (Å²) in [5.74, 6) is -0.314. The van der Waals surface area contributed by atoms with Gasteiger partial charge in [-0.1, -0.05) is 17.7 Å². The monoisotopic (exact) mass is 261 g/mol. The first kappa shape index (κ1) is 12.4. The number of rotatable bonds is 2. The van der Waals surface area contributed by atoms with Crippen molar-refractivity contribution in [2.45, 2.75) is 6.92 Å². The highest BCUT2D eigenvalue weighted by atomic mass is 35.5. The van der Waals surface area contributed by atoms with Gasteiger partial charge in [-0.25, -0.2) is 4.98 Å². The summed E-state index contributed by atoms with van der Waals surface area (Å²) in [6.07, 6.45) is 0. The van der Waals surface area contributed by atoms with Crippen LogP contribution in [0.15, 0.2) is 36.4 Å². The zero-order valence-electron chi connectivity index (χ0n) is 9.77. The number of carbonyl (C=O) groups excluding carboxylic acids is 1. The number of amides is 1. The van der Waals surface area contributed by atoms with Crippen molar-refractivity contribution in [1.82, 2.24) is 4.98 Å². The lowest BCUT2D eigenvalue weighted by atomic mass is 10.2. The summed E-state index contributed by atoms with van der Waals surface area (Å²) in [5, 5.41) is 3.12. The summed E-state index contributed by atoms with van der Waals surface area (Å²) in [6, 6.07) is 10.2. The van der Waals surface area contributed by atoms with Crippen molar-refractivity contribution in [3.05, 3.63) is 52.8 Å². The van der Waals surface area contributed by atoms with Crippen LogP contribution in [-0.2, 0) is 0 Å². The number of aryl methyl sites for hydroxylation is 1. The predicted octanol–water partition coefficient (Wildman–Crippen LogP) is 2.88. The first-order valence-corrected chi connectivity index (χ1v) is 5.74.